The molecule has 3 atom stereocenters. The van der Waals surface area contributed by atoms with Crippen LogP contribution < -0.4 is 5.32 Å². The molecule has 0 fully saturated rings. The van der Waals surface area contributed by atoms with E-state index in [0.717, 1.165) is 32.1 Å². The summed E-state index contributed by atoms with van der Waals surface area (Å²) in [7, 11) is 0. The molecule has 0 aromatic rings. The Hall–Kier alpha value is -0.650. The van der Waals surface area contributed by atoms with Gasteiger partial charge in [-0.2, -0.15) is 0 Å². The van der Waals surface area contributed by atoms with Crippen LogP contribution in [0.2, 0.25) is 0 Å². The first-order valence-electron chi connectivity index (χ1n) is 22.8. The zero-order valence-electron chi connectivity index (χ0n) is 34.1. The van der Waals surface area contributed by atoms with E-state index in [1.54, 1.807) is 0 Å². The van der Waals surface area contributed by atoms with Gasteiger partial charge in [-0.05, 0) is 12.8 Å². The SMILES string of the molecule is CCCCCCCCCCCCCCCCCCCCCCCCCCCCC(O)C(=O)NC(CO)C(O)CCCCCCCCCCCC. The molecule has 5 heteroatoms. The first kappa shape index (κ1) is 49.4. The van der Waals surface area contributed by atoms with Gasteiger partial charge in [0, 0.05) is 0 Å². The topological polar surface area (TPSA) is 89.8 Å². The Morgan fingerprint density at radius 2 is 0.640 bits per heavy atom. The summed E-state index contributed by atoms with van der Waals surface area (Å²) in [5.74, 6) is -0.467. The molecule has 0 saturated carbocycles. The lowest BCUT2D eigenvalue weighted by molar-refractivity contribution is -0.131. The minimum absolute atomic E-state index is 0.309. The van der Waals surface area contributed by atoms with E-state index in [0.29, 0.717) is 12.8 Å². The van der Waals surface area contributed by atoms with Crippen LogP contribution in [0, 0.1) is 0 Å². The third kappa shape index (κ3) is 35.7. The molecule has 0 radical (unpaired) electrons. The fourth-order valence-electron chi connectivity index (χ4n) is 7.37. The summed E-state index contributed by atoms with van der Waals surface area (Å²) in [6, 6.07) is -0.704. The maximum atomic E-state index is 12.4. The number of carbonyl (C=O) groups is 1. The van der Waals surface area contributed by atoms with Crippen molar-refractivity contribution in [2.75, 3.05) is 6.61 Å². The number of unbranched alkanes of at least 4 members (excludes halogenated alkanes) is 34. The van der Waals surface area contributed by atoms with Crippen molar-refractivity contribution >= 4 is 5.91 Å². The van der Waals surface area contributed by atoms with Gasteiger partial charge in [0.1, 0.15) is 6.10 Å². The summed E-state index contributed by atoms with van der Waals surface area (Å²) >= 11 is 0. The van der Waals surface area contributed by atoms with Crippen LogP contribution in [-0.2, 0) is 4.79 Å². The normalized spacial score (nSPS) is 13.5. The molecule has 4 N–H and O–H groups in total. The number of aliphatic hydroxyl groups is 3. The monoisotopic (exact) mass is 710 g/mol. The highest BCUT2D eigenvalue weighted by Crippen LogP contribution is 2.17. The zero-order valence-corrected chi connectivity index (χ0v) is 34.1. The smallest absolute Gasteiger partial charge is 0.249 e. The molecule has 0 heterocycles. The van der Waals surface area contributed by atoms with E-state index in [1.807, 2.05) is 0 Å². The molecule has 0 aromatic carbocycles. The molecule has 0 spiro atoms. The average molecular weight is 710 g/mol. The van der Waals surface area contributed by atoms with Crippen molar-refractivity contribution in [2.24, 2.45) is 0 Å². The summed E-state index contributed by atoms with van der Waals surface area (Å²) in [6.45, 7) is 4.23. The van der Waals surface area contributed by atoms with E-state index in [-0.39, 0.29) is 6.61 Å². The largest absolute Gasteiger partial charge is 0.394 e. The molecule has 0 saturated heterocycles. The maximum absolute atomic E-state index is 12.4. The minimum Gasteiger partial charge on any atom is -0.394 e. The molecule has 300 valence electrons. The Kier molecular flexibility index (Phi) is 40.6. The predicted molar refractivity (Wildman–Crippen MR) is 218 cm³/mol. The Labute approximate surface area is 313 Å². The van der Waals surface area contributed by atoms with Crippen LogP contribution >= 0.6 is 0 Å². The summed E-state index contributed by atoms with van der Waals surface area (Å²) in [5, 5.41) is 33.2. The van der Waals surface area contributed by atoms with Crippen molar-refractivity contribution in [3.8, 4) is 0 Å². The number of hydrogen-bond acceptors (Lipinski definition) is 4. The molecule has 0 aliphatic heterocycles. The molecule has 0 aliphatic carbocycles. The van der Waals surface area contributed by atoms with Crippen LogP contribution in [0.1, 0.15) is 258 Å². The molecular weight excluding hydrogens is 618 g/mol. The van der Waals surface area contributed by atoms with Crippen LogP contribution in [0.25, 0.3) is 0 Å². The minimum atomic E-state index is -1.07. The van der Waals surface area contributed by atoms with E-state index >= 15 is 0 Å². The van der Waals surface area contributed by atoms with Gasteiger partial charge in [-0.25, -0.2) is 0 Å². The van der Waals surface area contributed by atoms with Gasteiger partial charge in [-0.3, -0.25) is 4.79 Å². The second kappa shape index (κ2) is 41.1. The van der Waals surface area contributed by atoms with Crippen molar-refractivity contribution in [3.63, 3.8) is 0 Å². The zero-order chi connectivity index (χ0) is 36.6. The first-order chi connectivity index (χ1) is 24.6. The number of carbonyl (C=O) groups excluding carboxylic acids is 1. The van der Waals surface area contributed by atoms with Crippen molar-refractivity contribution < 1.29 is 20.1 Å². The summed E-state index contributed by atoms with van der Waals surface area (Å²) in [5.41, 5.74) is 0. The van der Waals surface area contributed by atoms with Crippen molar-refractivity contribution in [2.45, 2.75) is 276 Å². The van der Waals surface area contributed by atoms with E-state index in [2.05, 4.69) is 19.2 Å². The second-order valence-electron chi connectivity index (χ2n) is 16.0. The van der Waals surface area contributed by atoms with Crippen molar-refractivity contribution in [3.05, 3.63) is 0 Å². The molecular formula is C45H91NO4. The molecule has 1 amide bonds. The van der Waals surface area contributed by atoms with E-state index in [4.69, 9.17) is 0 Å². The molecule has 50 heavy (non-hydrogen) atoms. The highest BCUT2D eigenvalue weighted by molar-refractivity contribution is 5.80. The van der Waals surface area contributed by atoms with Crippen LogP contribution in [0.4, 0.5) is 0 Å². The van der Waals surface area contributed by atoms with Gasteiger partial charge in [-0.1, -0.05) is 245 Å². The fraction of sp³-hybridized carbons (Fsp3) is 0.978. The Morgan fingerprint density at radius 3 is 0.900 bits per heavy atom. The molecule has 0 bridgehead atoms. The number of amides is 1. The van der Waals surface area contributed by atoms with Gasteiger partial charge < -0.3 is 20.6 Å². The third-order valence-electron chi connectivity index (χ3n) is 11.0. The van der Waals surface area contributed by atoms with Gasteiger partial charge in [0.25, 0.3) is 0 Å². The van der Waals surface area contributed by atoms with Crippen LogP contribution in [0.3, 0.4) is 0 Å². The number of hydrogen-bond donors (Lipinski definition) is 4. The predicted octanol–water partition coefficient (Wildman–Crippen LogP) is 13.0. The molecule has 0 aliphatic rings. The number of nitrogens with one attached hydrogen (secondary N) is 1. The maximum Gasteiger partial charge on any atom is 0.249 e. The highest BCUT2D eigenvalue weighted by atomic mass is 16.3. The summed E-state index contributed by atoms with van der Waals surface area (Å²) in [6.07, 6.45) is 47.0. The standard InChI is InChI=1S/C45H91NO4/c1-3-5-7-9-11-13-15-16-17-18-19-20-21-22-23-24-25-26-27-28-29-30-32-34-36-38-40-44(49)45(50)46-42(41-47)43(48)39-37-35-33-31-14-12-10-8-6-4-2/h42-44,47-49H,3-41H2,1-2H3,(H,46,50). The van der Waals surface area contributed by atoms with Crippen LogP contribution in [0.5, 0.6) is 0 Å². The summed E-state index contributed by atoms with van der Waals surface area (Å²) < 4.78 is 0. The second-order valence-corrected chi connectivity index (χ2v) is 16.0. The Bertz CT molecular complexity index is 659. The van der Waals surface area contributed by atoms with Crippen LogP contribution in [0.15, 0.2) is 0 Å². The number of aliphatic hydroxyl groups excluding tert-OH is 3. The van der Waals surface area contributed by atoms with Crippen molar-refractivity contribution in [1.82, 2.24) is 5.32 Å². The fourth-order valence-corrected chi connectivity index (χ4v) is 7.37. The van der Waals surface area contributed by atoms with Crippen molar-refractivity contribution in [1.29, 1.82) is 0 Å². The average Bonchev–Trinajstić information content (AvgIpc) is 3.12. The number of rotatable bonds is 42. The van der Waals surface area contributed by atoms with E-state index in [9.17, 15) is 20.1 Å². The molecule has 0 aromatic heterocycles. The van der Waals surface area contributed by atoms with Gasteiger partial charge >= 0.3 is 0 Å². The first-order valence-corrected chi connectivity index (χ1v) is 22.8. The van der Waals surface area contributed by atoms with Gasteiger partial charge in [-0.15, -0.1) is 0 Å². The highest BCUT2D eigenvalue weighted by Gasteiger charge is 2.23. The molecule has 0 rings (SSSR count). The van der Waals surface area contributed by atoms with E-state index < -0.39 is 24.2 Å². The van der Waals surface area contributed by atoms with E-state index in [1.165, 1.54) is 199 Å². The third-order valence-corrected chi connectivity index (χ3v) is 11.0. The van der Waals surface area contributed by atoms with Gasteiger partial charge in [0.2, 0.25) is 5.91 Å². The Balaban J connectivity index is 3.48. The van der Waals surface area contributed by atoms with Gasteiger partial charge in [0.05, 0.1) is 18.8 Å². The Morgan fingerprint density at radius 1 is 0.400 bits per heavy atom. The van der Waals surface area contributed by atoms with Gasteiger partial charge in [0.15, 0.2) is 0 Å². The molecule has 5 nitrogen and oxygen atoms in total. The molecule has 3 unspecified atom stereocenters. The quantitative estimate of drug-likeness (QED) is 0.0475. The lowest BCUT2D eigenvalue weighted by Crippen LogP contribution is -2.49. The lowest BCUT2D eigenvalue weighted by Gasteiger charge is -2.23. The van der Waals surface area contributed by atoms with Crippen LogP contribution in [-0.4, -0.2) is 46.1 Å². The summed E-state index contributed by atoms with van der Waals surface area (Å²) in [4.78, 5) is 12.4. The lowest BCUT2D eigenvalue weighted by atomic mass is 10.0.